The molecule has 0 fully saturated rings. The van der Waals surface area contributed by atoms with Crippen LogP contribution in [-0.2, 0) is 10.0 Å². The second-order valence-electron chi connectivity index (χ2n) is 3.60. The highest BCUT2D eigenvalue weighted by molar-refractivity contribution is 7.89. The molecule has 19 heavy (non-hydrogen) atoms. The number of nitrogens with zero attached hydrogens (tertiary/aromatic N) is 1. The number of hydrogen-bond acceptors (Lipinski definition) is 4. The van der Waals surface area contributed by atoms with Crippen molar-refractivity contribution in [3.05, 3.63) is 29.8 Å². The Labute approximate surface area is 124 Å². The van der Waals surface area contributed by atoms with E-state index in [1.54, 1.807) is 19.1 Å². The number of carbonyl (C=O) groups excluding carboxylic acids is 1. The smallest absolute Gasteiger partial charge is 0.267 e. The average molecular weight is 327 g/mol. The minimum atomic E-state index is -3.66. The van der Waals surface area contributed by atoms with Crippen molar-refractivity contribution in [1.82, 2.24) is 4.31 Å². The van der Waals surface area contributed by atoms with Crippen molar-refractivity contribution < 1.29 is 13.2 Å². The minimum Gasteiger partial charge on any atom is -0.399 e. The summed E-state index contributed by atoms with van der Waals surface area (Å²) in [5.74, 6) is -0.876. The van der Waals surface area contributed by atoms with Gasteiger partial charge in [-0.25, -0.2) is 12.7 Å². The molecule has 5 nitrogen and oxygen atoms in total. The van der Waals surface area contributed by atoms with E-state index in [1.807, 2.05) is 0 Å². The van der Waals surface area contributed by atoms with E-state index in [1.165, 1.54) is 12.1 Å². The van der Waals surface area contributed by atoms with E-state index in [9.17, 15) is 13.2 Å². The Kier molecular flexibility index (Phi) is 7.18. The van der Waals surface area contributed by atoms with Crippen molar-refractivity contribution >= 4 is 45.6 Å². The largest absolute Gasteiger partial charge is 0.399 e. The van der Waals surface area contributed by atoms with Crippen LogP contribution in [0.1, 0.15) is 17.3 Å². The van der Waals surface area contributed by atoms with Crippen molar-refractivity contribution in [2.75, 3.05) is 23.9 Å². The van der Waals surface area contributed by atoms with Gasteiger partial charge in [0.2, 0.25) is 10.0 Å². The molecule has 0 radical (unpaired) electrons. The van der Waals surface area contributed by atoms with E-state index in [2.05, 4.69) is 0 Å². The summed E-state index contributed by atoms with van der Waals surface area (Å²) in [5, 5.41) is 0. The maximum Gasteiger partial charge on any atom is 0.267 e. The lowest BCUT2D eigenvalue weighted by Gasteiger charge is -2.20. The minimum absolute atomic E-state index is 0. The third-order valence-electron chi connectivity index (χ3n) is 2.34. The molecule has 1 aromatic rings. The van der Waals surface area contributed by atoms with E-state index < -0.39 is 15.9 Å². The second-order valence-corrected chi connectivity index (χ2v) is 5.99. The summed E-state index contributed by atoms with van der Waals surface area (Å²) in [6.07, 6.45) is 0. The molecule has 1 amide bonds. The summed E-state index contributed by atoms with van der Waals surface area (Å²) in [6, 6.07) is 6.09. The Hall–Kier alpha value is -0.980. The number of hydrogen-bond donors (Lipinski definition) is 1. The van der Waals surface area contributed by atoms with Gasteiger partial charge in [-0.2, -0.15) is 0 Å². The second kappa shape index (κ2) is 7.57. The normalized spacial score (nSPS) is 10.6. The Morgan fingerprint density at radius 1 is 1.32 bits per heavy atom. The number of nitrogen functional groups attached to an aromatic ring is 1. The number of alkyl halides is 1. The molecule has 8 heteroatoms. The van der Waals surface area contributed by atoms with Crippen molar-refractivity contribution in [2.45, 2.75) is 6.92 Å². The van der Waals surface area contributed by atoms with E-state index in [-0.39, 0.29) is 36.1 Å². The molecule has 0 aromatic heterocycles. The molecule has 0 aliphatic rings. The summed E-state index contributed by atoms with van der Waals surface area (Å²) in [4.78, 5) is 12.1. The quantitative estimate of drug-likeness (QED) is 0.660. The fourth-order valence-electron chi connectivity index (χ4n) is 1.44. The first kappa shape index (κ1) is 18.0. The van der Waals surface area contributed by atoms with Gasteiger partial charge < -0.3 is 5.73 Å². The Morgan fingerprint density at radius 2 is 1.84 bits per heavy atom. The predicted molar refractivity (Wildman–Crippen MR) is 79.3 cm³/mol. The van der Waals surface area contributed by atoms with E-state index in [0.29, 0.717) is 5.69 Å². The zero-order valence-electron chi connectivity index (χ0n) is 10.4. The molecule has 108 valence electrons. The van der Waals surface area contributed by atoms with Gasteiger partial charge in [-0.1, -0.05) is 0 Å². The number of halogens is 2. The molecule has 1 rings (SSSR count). The van der Waals surface area contributed by atoms with Crippen LogP contribution in [0.5, 0.6) is 0 Å². The van der Waals surface area contributed by atoms with Crippen molar-refractivity contribution in [2.24, 2.45) is 0 Å². The van der Waals surface area contributed by atoms with Gasteiger partial charge in [-0.15, -0.1) is 24.0 Å². The third-order valence-corrected chi connectivity index (χ3v) is 4.57. The topological polar surface area (TPSA) is 80.5 Å². The Bertz CT molecular complexity index is 517. The highest BCUT2D eigenvalue weighted by atomic mass is 35.5. The molecule has 2 N–H and O–H groups in total. The molecule has 0 spiro atoms. The first-order chi connectivity index (χ1) is 8.42. The van der Waals surface area contributed by atoms with Crippen LogP contribution in [0.2, 0.25) is 0 Å². The zero-order valence-corrected chi connectivity index (χ0v) is 12.8. The number of benzene rings is 1. The van der Waals surface area contributed by atoms with Crippen molar-refractivity contribution in [3.8, 4) is 0 Å². The fraction of sp³-hybridized carbons (Fsp3) is 0.364. The van der Waals surface area contributed by atoms with Gasteiger partial charge >= 0.3 is 0 Å². The van der Waals surface area contributed by atoms with Gasteiger partial charge in [0.05, 0.1) is 5.75 Å². The first-order valence-corrected chi connectivity index (χ1v) is 7.53. The average Bonchev–Trinajstić information content (AvgIpc) is 2.30. The van der Waals surface area contributed by atoms with Crippen LogP contribution in [0.25, 0.3) is 0 Å². The van der Waals surface area contributed by atoms with Crippen LogP contribution in [0.4, 0.5) is 5.69 Å². The summed E-state index contributed by atoms with van der Waals surface area (Å²) < 4.78 is 24.5. The Balaban J connectivity index is 0.00000324. The van der Waals surface area contributed by atoms with Crippen LogP contribution in [0, 0.1) is 0 Å². The molecule has 0 atom stereocenters. The number of carbonyl (C=O) groups is 1. The zero-order chi connectivity index (χ0) is 13.8. The van der Waals surface area contributed by atoms with Crippen LogP contribution in [0.15, 0.2) is 24.3 Å². The lowest BCUT2D eigenvalue weighted by Crippen LogP contribution is -2.38. The van der Waals surface area contributed by atoms with Gasteiger partial charge in [0.15, 0.2) is 0 Å². The lowest BCUT2D eigenvalue weighted by atomic mass is 10.2. The summed E-state index contributed by atoms with van der Waals surface area (Å²) in [7, 11) is -3.66. The Morgan fingerprint density at radius 3 is 2.26 bits per heavy atom. The maximum absolute atomic E-state index is 12.1. The molecule has 0 aliphatic heterocycles. The van der Waals surface area contributed by atoms with E-state index in [0.717, 1.165) is 4.31 Å². The number of anilines is 1. The fourth-order valence-corrected chi connectivity index (χ4v) is 3.20. The highest BCUT2D eigenvalue weighted by Crippen LogP contribution is 2.12. The van der Waals surface area contributed by atoms with Crippen LogP contribution < -0.4 is 5.73 Å². The number of amides is 1. The van der Waals surface area contributed by atoms with Gasteiger partial charge in [0.25, 0.3) is 5.91 Å². The predicted octanol–water partition coefficient (Wildman–Crippen LogP) is 1.72. The van der Waals surface area contributed by atoms with Gasteiger partial charge in [-0.05, 0) is 31.2 Å². The van der Waals surface area contributed by atoms with Crippen LogP contribution in [-0.4, -0.2) is 36.8 Å². The molecule has 0 bridgehead atoms. The summed E-state index contributed by atoms with van der Waals surface area (Å²) in [5.41, 5.74) is 6.30. The molecule has 1 aromatic carbocycles. The van der Waals surface area contributed by atoms with Gasteiger partial charge in [0, 0.05) is 23.7 Å². The third kappa shape index (κ3) is 4.56. The van der Waals surface area contributed by atoms with E-state index >= 15 is 0 Å². The highest BCUT2D eigenvalue weighted by Gasteiger charge is 2.26. The number of rotatable bonds is 5. The monoisotopic (exact) mass is 326 g/mol. The summed E-state index contributed by atoms with van der Waals surface area (Å²) in [6.45, 7) is 1.67. The lowest BCUT2D eigenvalue weighted by molar-refractivity contribution is 0.0866. The molecule has 0 saturated heterocycles. The van der Waals surface area contributed by atoms with E-state index in [4.69, 9.17) is 17.3 Å². The number of nitrogens with two attached hydrogens (primary N) is 1. The van der Waals surface area contributed by atoms with Crippen LogP contribution >= 0.6 is 24.0 Å². The molecule has 0 unspecified atom stereocenters. The molecule has 0 aliphatic carbocycles. The maximum atomic E-state index is 12.1. The number of sulfonamides is 1. The first-order valence-electron chi connectivity index (χ1n) is 5.38. The summed E-state index contributed by atoms with van der Waals surface area (Å²) >= 11 is 5.42. The molecule has 0 saturated carbocycles. The standard InChI is InChI=1S/C11H15ClN2O3S.ClH/c1-2-14(18(16,17)8-7-12)11(15)9-3-5-10(13)6-4-9;/h3-6H,2,7-8,13H2,1H3;1H. The van der Waals surface area contributed by atoms with Gasteiger partial charge in [0.1, 0.15) is 0 Å². The molecular formula is C11H16Cl2N2O3S. The van der Waals surface area contributed by atoms with Gasteiger partial charge in [-0.3, -0.25) is 4.79 Å². The SMILES string of the molecule is CCN(C(=O)c1ccc(N)cc1)S(=O)(=O)CCCl.Cl. The van der Waals surface area contributed by atoms with Crippen molar-refractivity contribution in [1.29, 1.82) is 0 Å². The van der Waals surface area contributed by atoms with Crippen molar-refractivity contribution in [3.63, 3.8) is 0 Å². The molecular weight excluding hydrogens is 311 g/mol. The molecule has 0 heterocycles. The van der Waals surface area contributed by atoms with Crippen LogP contribution in [0.3, 0.4) is 0 Å².